The number of esters is 2. The molecule has 1 N–H and O–H groups in total. The van der Waals surface area contributed by atoms with Gasteiger partial charge in [-0.05, 0) is 64.4 Å². The number of nitrogens with zero attached hydrogens (tertiary/aromatic N) is 4. The number of hydrogen-bond donors (Lipinski definition) is 1. The number of benzene rings is 7. The minimum Gasteiger partial charge on any atom is -0.462 e. The molecule has 0 saturated heterocycles. The molecule has 11 rings (SSSR count). The van der Waals surface area contributed by atoms with E-state index in [4.69, 9.17) is 19.4 Å². The van der Waals surface area contributed by atoms with Crippen molar-refractivity contribution >= 4 is 106 Å². The Labute approximate surface area is 359 Å². The van der Waals surface area contributed by atoms with Crippen LogP contribution < -0.4 is 9.80 Å². The summed E-state index contributed by atoms with van der Waals surface area (Å²) in [5.74, 6) is -2.83. The zero-order chi connectivity index (χ0) is 42.6. The third-order valence-electron chi connectivity index (χ3n) is 11.4. The van der Waals surface area contributed by atoms with Crippen molar-refractivity contribution < 1.29 is 38.6 Å². The van der Waals surface area contributed by atoms with Gasteiger partial charge in [0.15, 0.2) is 11.4 Å². The smallest absolute Gasteiger partial charge is 0.350 e. The topological polar surface area (TPSA) is 156 Å². The van der Waals surface area contributed by atoms with Gasteiger partial charge < -0.3 is 14.6 Å². The third kappa shape index (κ3) is 5.30. The van der Waals surface area contributed by atoms with Crippen LogP contribution in [0.15, 0.2) is 109 Å². The molecule has 0 bridgehead atoms. The number of amides is 3. The summed E-state index contributed by atoms with van der Waals surface area (Å²) in [4.78, 5) is 82.0. The summed E-state index contributed by atoms with van der Waals surface area (Å²) in [7, 11) is 0. The van der Waals surface area contributed by atoms with Crippen molar-refractivity contribution in [3.63, 3.8) is 0 Å². The number of rotatable bonds is 8. The summed E-state index contributed by atoms with van der Waals surface area (Å²) >= 11 is 1.91. The molecule has 12 nitrogen and oxygen atoms in total. The van der Waals surface area contributed by atoms with Crippen LogP contribution in [0.25, 0.3) is 65.6 Å². The Morgan fingerprint density at radius 1 is 0.565 bits per heavy atom. The zero-order valence-electron chi connectivity index (χ0n) is 32.8. The first-order valence-corrected chi connectivity index (χ1v) is 21.4. The molecule has 9 aromatic rings. The molecular formula is C48H30N4O8S2. The highest BCUT2D eigenvalue weighted by Gasteiger charge is 2.41. The summed E-state index contributed by atoms with van der Waals surface area (Å²) in [6.07, 6.45) is -1.44. The third-order valence-corrected chi connectivity index (χ3v) is 13.5. The molecule has 1 unspecified atom stereocenters. The minimum absolute atomic E-state index is 0.0500. The molecule has 2 aliphatic heterocycles. The fraction of sp³-hybridized carbons (Fsp3) is 0.104. The van der Waals surface area contributed by atoms with Crippen LogP contribution in [-0.2, 0) is 9.47 Å². The molecule has 0 fully saturated rings. The zero-order valence-corrected chi connectivity index (χ0v) is 34.4. The fourth-order valence-corrected chi connectivity index (χ4v) is 10.8. The molecule has 7 aromatic carbocycles. The van der Waals surface area contributed by atoms with E-state index in [1.165, 1.54) is 4.90 Å². The van der Waals surface area contributed by atoms with Gasteiger partial charge in [0.1, 0.15) is 9.75 Å². The van der Waals surface area contributed by atoms with E-state index in [1.807, 2.05) is 72.8 Å². The molecule has 0 saturated carbocycles. The van der Waals surface area contributed by atoms with Crippen LogP contribution in [0.3, 0.4) is 0 Å². The van der Waals surface area contributed by atoms with Gasteiger partial charge >= 0.3 is 11.9 Å². The van der Waals surface area contributed by atoms with E-state index in [-0.39, 0.29) is 33.2 Å². The first-order chi connectivity index (χ1) is 30.2. The number of aliphatic hydroxyl groups excluding tert-OH is 1. The lowest BCUT2D eigenvalue weighted by Gasteiger charge is -2.33. The van der Waals surface area contributed by atoms with Crippen LogP contribution in [0, 0.1) is 0 Å². The Morgan fingerprint density at radius 2 is 1.00 bits per heavy atom. The lowest BCUT2D eigenvalue weighted by atomic mass is 9.82. The molecule has 0 aliphatic carbocycles. The second-order valence-electron chi connectivity index (χ2n) is 14.7. The van der Waals surface area contributed by atoms with Crippen molar-refractivity contribution in [2.75, 3.05) is 23.0 Å². The maximum atomic E-state index is 14.6. The predicted octanol–water partition coefficient (Wildman–Crippen LogP) is 9.79. The van der Waals surface area contributed by atoms with E-state index in [0.717, 1.165) is 54.5 Å². The number of fused-ring (bicyclic) bond motifs is 2. The largest absolute Gasteiger partial charge is 0.462 e. The fourth-order valence-electron chi connectivity index (χ4n) is 8.81. The number of imide groups is 1. The molecule has 302 valence electrons. The second kappa shape index (κ2) is 14.1. The quantitative estimate of drug-likeness (QED) is 0.0676. The Kier molecular flexibility index (Phi) is 8.55. The van der Waals surface area contributed by atoms with Gasteiger partial charge in [-0.3, -0.25) is 19.3 Å². The normalized spacial score (nSPS) is 14.8. The Morgan fingerprint density at radius 3 is 1.50 bits per heavy atom. The summed E-state index contributed by atoms with van der Waals surface area (Å²) < 4.78 is 10.7. The monoisotopic (exact) mass is 854 g/mol. The van der Waals surface area contributed by atoms with E-state index >= 15 is 0 Å². The second-order valence-corrected chi connectivity index (χ2v) is 16.7. The maximum Gasteiger partial charge on any atom is 0.350 e. The molecule has 2 aliphatic rings. The number of ether oxygens (including phenoxy) is 2. The molecule has 62 heavy (non-hydrogen) atoms. The van der Waals surface area contributed by atoms with Crippen LogP contribution in [0.4, 0.5) is 10.3 Å². The van der Waals surface area contributed by atoms with Crippen molar-refractivity contribution in [2.45, 2.75) is 20.1 Å². The van der Waals surface area contributed by atoms with E-state index < -0.39 is 35.9 Å². The summed E-state index contributed by atoms with van der Waals surface area (Å²) in [5.41, 5.74) is 3.37. The van der Waals surface area contributed by atoms with E-state index in [0.29, 0.717) is 60.9 Å². The highest BCUT2D eigenvalue weighted by molar-refractivity contribution is 7.18. The standard InChI is InChI=1S/C48H30N4O8S2/c1-3-59-45(57)39-37(23-11-7-5-8-12-23)49-47(61-39)51-41(53)29-19-15-25-27-17-21-31-36-32(22-18-28(34(27)36)26-16-20-30(42(51)54)35(29)33(25)26)44(56)52(43(31)55)48-50-38(24-13-9-6-10-14-24)40(62-48)46(58)60-4-2/h5-22,41,53H,3-4H2,1-2H3. The number of aromatic nitrogens is 2. The van der Waals surface area contributed by atoms with Crippen molar-refractivity contribution in [3.05, 3.63) is 141 Å². The Hall–Kier alpha value is -7.39. The van der Waals surface area contributed by atoms with Gasteiger partial charge in [0.05, 0.1) is 24.6 Å². The van der Waals surface area contributed by atoms with Crippen LogP contribution >= 0.6 is 22.7 Å². The van der Waals surface area contributed by atoms with Crippen molar-refractivity contribution in [1.82, 2.24) is 9.97 Å². The number of hydrogen-bond acceptors (Lipinski definition) is 12. The summed E-state index contributed by atoms with van der Waals surface area (Å²) in [6, 6.07) is 32.5. The van der Waals surface area contributed by atoms with Gasteiger partial charge in [-0.2, -0.15) is 0 Å². The molecule has 3 amide bonds. The summed E-state index contributed by atoms with van der Waals surface area (Å²) in [6.45, 7) is 3.70. The van der Waals surface area contributed by atoms with Crippen LogP contribution in [0.1, 0.15) is 76.1 Å². The number of carbonyl (C=O) groups excluding carboxylic acids is 5. The highest BCUT2D eigenvalue weighted by atomic mass is 32.1. The molecular weight excluding hydrogens is 825 g/mol. The van der Waals surface area contributed by atoms with Crippen LogP contribution in [0.2, 0.25) is 0 Å². The molecule has 0 radical (unpaired) electrons. The number of anilines is 2. The number of thiazole rings is 2. The SMILES string of the molecule is CCOC(=O)c1sc(N2C(=O)c3ccc4c5ccc6c7c(ccc(c8ccc(c3c48)C2=O)c75)C(O)N(c2nc(-c3ccccc3)c(C(=O)OCC)s2)C6=O)nc1-c1ccccc1. The van der Waals surface area contributed by atoms with Gasteiger partial charge in [-0.25, -0.2) is 24.5 Å². The van der Waals surface area contributed by atoms with Gasteiger partial charge in [0, 0.05) is 44.2 Å². The average Bonchev–Trinajstić information content (AvgIpc) is 3.94. The van der Waals surface area contributed by atoms with Crippen LogP contribution in [-0.4, -0.2) is 57.9 Å². The first-order valence-electron chi connectivity index (χ1n) is 19.8. The minimum atomic E-state index is -1.44. The predicted molar refractivity (Wildman–Crippen MR) is 238 cm³/mol. The van der Waals surface area contributed by atoms with Gasteiger partial charge in [0.25, 0.3) is 17.7 Å². The van der Waals surface area contributed by atoms with Crippen molar-refractivity contribution in [3.8, 4) is 22.5 Å². The summed E-state index contributed by atoms with van der Waals surface area (Å²) in [5, 5.41) is 17.8. The Balaban J connectivity index is 1.04. The Bertz CT molecular complexity index is 3350. The molecule has 2 aromatic heterocycles. The number of carbonyl (C=O) groups is 5. The van der Waals surface area contributed by atoms with Gasteiger partial charge in [-0.1, -0.05) is 114 Å². The maximum absolute atomic E-state index is 14.6. The lowest BCUT2D eigenvalue weighted by molar-refractivity contribution is 0.0523. The molecule has 4 heterocycles. The van der Waals surface area contributed by atoms with Crippen molar-refractivity contribution in [1.29, 1.82) is 0 Å². The lowest BCUT2D eigenvalue weighted by Crippen LogP contribution is -2.40. The van der Waals surface area contributed by atoms with E-state index in [9.17, 15) is 29.1 Å². The first kappa shape index (κ1) is 37.6. The van der Waals surface area contributed by atoms with E-state index in [2.05, 4.69) is 0 Å². The van der Waals surface area contributed by atoms with Crippen LogP contribution in [0.5, 0.6) is 0 Å². The van der Waals surface area contributed by atoms with E-state index in [1.54, 1.807) is 50.2 Å². The molecule has 1 atom stereocenters. The van der Waals surface area contributed by atoms with Gasteiger partial charge in [0.2, 0.25) is 5.13 Å². The molecule has 14 heteroatoms. The molecule has 0 spiro atoms. The highest BCUT2D eigenvalue weighted by Crippen LogP contribution is 2.49. The number of aliphatic hydroxyl groups is 1. The van der Waals surface area contributed by atoms with Gasteiger partial charge in [-0.15, -0.1) is 0 Å². The average molecular weight is 855 g/mol. The van der Waals surface area contributed by atoms with Crippen molar-refractivity contribution in [2.24, 2.45) is 0 Å².